The van der Waals surface area contributed by atoms with Crippen LogP contribution in [0.15, 0.2) is 36.9 Å². The molecule has 2 unspecified atom stereocenters. The van der Waals surface area contributed by atoms with Crippen LogP contribution in [0.2, 0.25) is 0 Å². The van der Waals surface area contributed by atoms with E-state index in [1.54, 1.807) is 40.3 Å². The Morgan fingerprint density at radius 1 is 1.18 bits per heavy atom. The van der Waals surface area contributed by atoms with Crippen molar-refractivity contribution in [2.24, 2.45) is 5.92 Å². The zero-order valence-electron chi connectivity index (χ0n) is 18.0. The summed E-state index contributed by atoms with van der Waals surface area (Å²) in [5.41, 5.74) is 2.96. The van der Waals surface area contributed by atoms with Crippen molar-refractivity contribution in [2.75, 3.05) is 24.7 Å². The average Bonchev–Trinajstić information content (AvgIpc) is 3.33. The molecule has 1 amide bonds. The molecule has 1 saturated carbocycles. The van der Waals surface area contributed by atoms with Crippen molar-refractivity contribution in [3.8, 4) is 17.2 Å². The smallest absolute Gasteiger partial charge is 0.273 e. The maximum absolute atomic E-state index is 13.7. The lowest BCUT2D eigenvalue weighted by molar-refractivity contribution is -0.133. The van der Waals surface area contributed by atoms with E-state index < -0.39 is 24.5 Å². The van der Waals surface area contributed by atoms with Gasteiger partial charge in [0, 0.05) is 42.7 Å². The third-order valence-corrected chi connectivity index (χ3v) is 5.96. The number of anilines is 1. The summed E-state index contributed by atoms with van der Waals surface area (Å²) in [4.78, 5) is 14.1. The molecule has 0 radical (unpaired) electrons. The molecule has 8 nitrogen and oxygen atoms in total. The Labute approximate surface area is 189 Å². The number of fused-ring (bicyclic) bond motifs is 1. The fourth-order valence-electron chi connectivity index (χ4n) is 4.09. The Morgan fingerprint density at radius 3 is 2.70 bits per heavy atom. The molecule has 0 N–H and O–H groups in total. The molecule has 3 fully saturated rings. The Balaban J connectivity index is 0.000000705. The lowest BCUT2D eigenvalue weighted by Gasteiger charge is -2.29. The first-order valence-corrected chi connectivity index (χ1v) is 11.1. The predicted molar refractivity (Wildman–Crippen MR) is 116 cm³/mol. The van der Waals surface area contributed by atoms with Gasteiger partial charge >= 0.3 is 0 Å². The molecule has 2 saturated heterocycles. The average molecular weight is 454 g/mol. The van der Waals surface area contributed by atoms with Crippen molar-refractivity contribution < 1.29 is 18.3 Å². The van der Waals surface area contributed by atoms with Gasteiger partial charge in [-0.25, -0.2) is 13.3 Å². The van der Waals surface area contributed by atoms with E-state index >= 15 is 0 Å². The van der Waals surface area contributed by atoms with Gasteiger partial charge in [-0.1, -0.05) is 19.3 Å². The minimum atomic E-state index is -2.86. The second-order valence-electron chi connectivity index (χ2n) is 8.73. The van der Waals surface area contributed by atoms with Gasteiger partial charge in [-0.2, -0.15) is 15.5 Å². The highest BCUT2D eigenvalue weighted by Crippen LogP contribution is 2.34. The number of alkyl halides is 2. The Bertz CT molecular complexity index is 1210. The SMILES string of the molecule is C1CC1.N#CC1CCN(c2ccnn3cc(-c4cnn(C5COCC(F)(F)C5)c4)cc23)C1=O. The number of ether oxygens (including phenoxy) is 1. The van der Waals surface area contributed by atoms with E-state index in [0.717, 1.165) is 16.6 Å². The van der Waals surface area contributed by atoms with Crippen molar-refractivity contribution in [1.82, 2.24) is 19.4 Å². The zero-order valence-corrected chi connectivity index (χ0v) is 18.0. The number of hydrogen-bond donors (Lipinski definition) is 0. The molecule has 0 spiro atoms. The molecule has 172 valence electrons. The van der Waals surface area contributed by atoms with Gasteiger partial charge in [0.25, 0.3) is 5.92 Å². The minimum absolute atomic E-state index is 0.192. The summed E-state index contributed by atoms with van der Waals surface area (Å²) in [5.74, 6) is -3.69. The fraction of sp³-hybridized carbons (Fsp3) is 0.478. The number of aromatic nitrogens is 4. The van der Waals surface area contributed by atoms with Crippen LogP contribution in [0.25, 0.3) is 16.6 Å². The van der Waals surface area contributed by atoms with Crippen molar-refractivity contribution in [1.29, 1.82) is 5.26 Å². The Kier molecular flexibility index (Phi) is 5.58. The molecule has 3 aromatic heterocycles. The quantitative estimate of drug-likeness (QED) is 0.600. The predicted octanol–water partition coefficient (Wildman–Crippen LogP) is 3.84. The van der Waals surface area contributed by atoms with Crippen LogP contribution < -0.4 is 4.90 Å². The normalized spacial score (nSPS) is 23.8. The first-order valence-electron chi connectivity index (χ1n) is 11.1. The maximum atomic E-state index is 13.7. The van der Waals surface area contributed by atoms with Crippen LogP contribution in [-0.2, 0) is 9.53 Å². The number of carbonyl (C=O) groups is 1. The van der Waals surface area contributed by atoms with Crippen LogP contribution in [0.3, 0.4) is 0 Å². The molecule has 33 heavy (non-hydrogen) atoms. The molecule has 3 aliphatic rings. The first-order chi connectivity index (χ1) is 15.9. The maximum Gasteiger partial charge on any atom is 0.273 e. The molecule has 2 atom stereocenters. The molecule has 3 aromatic rings. The standard InChI is InChI=1S/C20H18F2N6O2.C3H6/c21-20(22)6-16(11-30-12-20)27-10-15(8-25-27)14-5-18-17(1-3-24-28(18)9-14)26-4-2-13(7-23)19(26)29;1-2-3-1/h1,3,5,8-10,13,16H,2,4,6,11-12H2;1-3H2. The molecule has 0 aromatic carbocycles. The third-order valence-electron chi connectivity index (χ3n) is 5.96. The van der Waals surface area contributed by atoms with E-state index in [0.29, 0.717) is 18.7 Å². The summed E-state index contributed by atoms with van der Waals surface area (Å²) < 4.78 is 35.5. The van der Waals surface area contributed by atoms with E-state index in [1.807, 2.05) is 12.1 Å². The van der Waals surface area contributed by atoms with Gasteiger partial charge in [0.15, 0.2) is 0 Å². The van der Waals surface area contributed by atoms with Crippen molar-refractivity contribution >= 4 is 17.1 Å². The number of hydrogen-bond acceptors (Lipinski definition) is 5. The number of rotatable bonds is 3. The van der Waals surface area contributed by atoms with Crippen LogP contribution in [-0.4, -0.2) is 51.0 Å². The fourth-order valence-corrected chi connectivity index (χ4v) is 4.09. The van der Waals surface area contributed by atoms with E-state index in [-0.39, 0.29) is 18.9 Å². The van der Waals surface area contributed by atoms with Gasteiger partial charge in [0.05, 0.1) is 36.1 Å². The summed E-state index contributed by atoms with van der Waals surface area (Å²) in [7, 11) is 0. The number of carbonyl (C=O) groups excluding carboxylic acids is 1. The second-order valence-corrected chi connectivity index (χ2v) is 8.73. The number of halogens is 2. The molecule has 1 aliphatic carbocycles. The highest BCUT2D eigenvalue weighted by atomic mass is 19.3. The van der Waals surface area contributed by atoms with Gasteiger partial charge in [0.1, 0.15) is 12.5 Å². The summed E-state index contributed by atoms with van der Waals surface area (Å²) in [5, 5.41) is 17.7. The van der Waals surface area contributed by atoms with E-state index in [9.17, 15) is 13.6 Å². The van der Waals surface area contributed by atoms with Crippen LogP contribution >= 0.6 is 0 Å². The number of nitriles is 1. The van der Waals surface area contributed by atoms with Crippen LogP contribution in [0, 0.1) is 17.2 Å². The van der Waals surface area contributed by atoms with E-state index in [1.165, 1.54) is 23.9 Å². The monoisotopic (exact) mass is 454 g/mol. The van der Waals surface area contributed by atoms with Gasteiger partial charge < -0.3 is 9.64 Å². The molecule has 10 heteroatoms. The number of nitrogens with zero attached hydrogens (tertiary/aromatic N) is 6. The summed E-state index contributed by atoms with van der Waals surface area (Å²) in [6, 6.07) is 5.14. The molecular formula is C23H24F2N6O2. The lowest BCUT2D eigenvalue weighted by atomic mass is 10.1. The van der Waals surface area contributed by atoms with Gasteiger partial charge in [-0.3, -0.25) is 9.48 Å². The molecule has 2 aliphatic heterocycles. The van der Waals surface area contributed by atoms with Gasteiger partial charge in [-0.05, 0) is 18.6 Å². The summed E-state index contributed by atoms with van der Waals surface area (Å²) in [6.45, 7) is 0.112. The van der Waals surface area contributed by atoms with Crippen molar-refractivity contribution in [3.05, 3.63) is 36.9 Å². The third kappa shape index (κ3) is 4.46. The van der Waals surface area contributed by atoms with E-state index in [4.69, 9.17) is 10.00 Å². The van der Waals surface area contributed by atoms with Crippen LogP contribution in [0.1, 0.15) is 38.1 Å². The largest absolute Gasteiger partial charge is 0.373 e. The molecule has 6 rings (SSSR count). The van der Waals surface area contributed by atoms with Crippen LogP contribution in [0.4, 0.5) is 14.5 Å². The van der Waals surface area contributed by atoms with Gasteiger partial charge in [-0.15, -0.1) is 0 Å². The Hall–Kier alpha value is -3.32. The van der Waals surface area contributed by atoms with Crippen LogP contribution in [0.5, 0.6) is 0 Å². The van der Waals surface area contributed by atoms with Crippen molar-refractivity contribution in [3.63, 3.8) is 0 Å². The summed E-state index contributed by atoms with van der Waals surface area (Å²) >= 11 is 0. The molecule has 0 bridgehead atoms. The molecule has 5 heterocycles. The highest BCUT2D eigenvalue weighted by molar-refractivity contribution is 6.02. The molecular weight excluding hydrogens is 430 g/mol. The van der Waals surface area contributed by atoms with E-state index in [2.05, 4.69) is 10.2 Å². The Morgan fingerprint density at radius 2 is 2.00 bits per heavy atom. The summed E-state index contributed by atoms with van der Waals surface area (Å²) in [6.07, 6.45) is 11.4. The van der Waals surface area contributed by atoms with Crippen molar-refractivity contribution in [2.45, 2.75) is 44.1 Å². The van der Waals surface area contributed by atoms with Gasteiger partial charge in [0.2, 0.25) is 5.91 Å². The lowest BCUT2D eigenvalue weighted by Crippen LogP contribution is -2.36. The zero-order chi connectivity index (χ0) is 23.0. The second kappa shape index (κ2) is 8.56. The number of amides is 1. The first kappa shape index (κ1) is 21.5. The minimum Gasteiger partial charge on any atom is -0.373 e. The highest BCUT2D eigenvalue weighted by Gasteiger charge is 2.38. The topological polar surface area (TPSA) is 88.4 Å².